The first-order chi connectivity index (χ1) is 19.7. The maximum atomic E-state index is 14.0. The second kappa shape index (κ2) is 12.1. The van der Waals surface area contributed by atoms with E-state index in [-0.39, 0.29) is 17.8 Å². The van der Waals surface area contributed by atoms with Crippen LogP contribution >= 0.6 is 0 Å². The molecule has 3 aromatic carbocycles. The fourth-order valence-corrected chi connectivity index (χ4v) is 5.01. The first kappa shape index (κ1) is 28.3. The number of aryl methyl sites for hydroxylation is 1. The molecular formula is C33H31F3N4O. The molecule has 0 aliphatic carbocycles. The number of alkyl halides is 3. The lowest BCUT2D eigenvalue weighted by Crippen LogP contribution is -2.29. The van der Waals surface area contributed by atoms with Gasteiger partial charge in [0, 0.05) is 59.6 Å². The summed E-state index contributed by atoms with van der Waals surface area (Å²) in [5.41, 5.74) is 2.18. The largest absolute Gasteiger partial charge is 0.416 e. The molecule has 1 fully saturated rings. The molecule has 0 bridgehead atoms. The number of nitrogens with one attached hydrogen (secondary N) is 1. The number of carbonyl (C=O) groups excluding carboxylic acids is 1. The zero-order valence-electron chi connectivity index (χ0n) is 23.1. The van der Waals surface area contributed by atoms with E-state index >= 15 is 0 Å². The lowest BCUT2D eigenvalue weighted by atomic mass is 10.0. The highest BCUT2D eigenvalue weighted by Crippen LogP contribution is 2.35. The Balaban J connectivity index is 1.36. The summed E-state index contributed by atoms with van der Waals surface area (Å²) < 4.78 is 42.1. The zero-order chi connectivity index (χ0) is 29.0. The van der Waals surface area contributed by atoms with E-state index < -0.39 is 17.6 Å². The predicted molar refractivity (Wildman–Crippen MR) is 156 cm³/mol. The van der Waals surface area contributed by atoms with Gasteiger partial charge in [0.15, 0.2) is 0 Å². The van der Waals surface area contributed by atoms with E-state index in [0.717, 1.165) is 54.0 Å². The Kier molecular flexibility index (Phi) is 8.39. The lowest BCUT2D eigenvalue weighted by Gasteiger charge is -2.23. The molecule has 1 aliphatic rings. The highest BCUT2D eigenvalue weighted by molar-refractivity contribution is 6.04. The van der Waals surface area contributed by atoms with Gasteiger partial charge in [0.05, 0.1) is 11.1 Å². The highest BCUT2D eigenvalue weighted by Gasteiger charge is 2.34. The SMILES string of the molecule is Cc1ccc(C(=O)Nc2ccc(CN3CCCN(C)CC3)c(C(F)(F)F)c2)cc1C#Cc1cncc2ccccc12. The molecule has 0 spiro atoms. The number of rotatable bonds is 4. The Bertz CT molecular complexity index is 1630. The number of aromatic nitrogens is 1. The van der Waals surface area contributed by atoms with Crippen LogP contribution in [0.5, 0.6) is 0 Å². The number of hydrogen-bond acceptors (Lipinski definition) is 4. The summed E-state index contributed by atoms with van der Waals surface area (Å²) in [6.45, 7) is 5.31. The van der Waals surface area contributed by atoms with Crippen molar-refractivity contribution in [3.63, 3.8) is 0 Å². The number of fused-ring (bicyclic) bond motifs is 1. The normalized spacial score (nSPS) is 14.8. The van der Waals surface area contributed by atoms with Crippen LogP contribution in [0.15, 0.2) is 73.1 Å². The van der Waals surface area contributed by atoms with E-state index in [4.69, 9.17) is 0 Å². The Hall–Kier alpha value is -4.19. The summed E-state index contributed by atoms with van der Waals surface area (Å²) in [5.74, 6) is 5.79. The topological polar surface area (TPSA) is 48.5 Å². The molecule has 0 atom stereocenters. The Morgan fingerprint density at radius 2 is 1.76 bits per heavy atom. The number of likely N-dealkylation sites (N-methyl/N-ethyl adjacent to an activating group) is 1. The van der Waals surface area contributed by atoms with Crippen molar-refractivity contribution in [1.82, 2.24) is 14.8 Å². The van der Waals surface area contributed by atoms with Crippen LogP contribution in [-0.4, -0.2) is 53.9 Å². The molecule has 5 nitrogen and oxygen atoms in total. The van der Waals surface area contributed by atoms with Gasteiger partial charge in [-0.1, -0.05) is 48.2 Å². The minimum Gasteiger partial charge on any atom is -0.322 e. The molecule has 41 heavy (non-hydrogen) atoms. The van der Waals surface area contributed by atoms with Crippen molar-refractivity contribution in [3.8, 4) is 11.8 Å². The van der Waals surface area contributed by atoms with Crippen LogP contribution in [0.2, 0.25) is 0 Å². The van der Waals surface area contributed by atoms with Gasteiger partial charge in [-0.05, 0) is 68.9 Å². The van der Waals surface area contributed by atoms with Crippen LogP contribution in [0.4, 0.5) is 18.9 Å². The summed E-state index contributed by atoms with van der Waals surface area (Å²) in [6, 6.07) is 16.9. The predicted octanol–water partition coefficient (Wildman–Crippen LogP) is 6.35. The molecule has 0 unspecified atom stereocenters. The van der Waals surface area contributed by atoms with E-state index in [2.05, 4.69) is 31.9 Å². The maximum Gasteiger partial charge on any atom is 0.416 e. The van der Waals surface area contributed by atoms with Gasteiger partial charge in [0.1, 0.15) is 0 Å². The standard InChI is InChI=1S/C33H31F3N4O/c1-23-8-9-25(18-24(23)10-11-27-21-37-20-26-6-3-4-7-30(26)27)32(41)38-29-13-12-28(31(19-29)33(34,35)36)22-40-15-5-14-39(2)16-17-40/h3-4,6-9,12-13,18-21H,5,14-17,22H2,1-2H3,(H,38,41). The van der Waals surface area contributed by atoms with Gasteiger partial charge in [-0.25, -0.2) is 0 Å². The lowest BCUT2D eigenvalue weighted by molar-refractivity contribution is -0.138. The highest BCUT2D eigenvalue weighted by atomic mass is 19.4. The summed E-state index contributed by atoms with van der Waals surface area (Å²) >= 11 is 0. The monoisotopic (exact) mass is 556 g/mol. The number of hydrogen-bond donors (Lipinski definition) is 1. The molecule has 2 heterocycles. The van der Waals surface area contributed by atoms with Crippen LogP contribution in [0.1, 0.15) is 44.6 Å². The van der Waals surface area contributed by atoms with Crippen molar-refractivity contribution < 1.29 is 18.0 Å². The van der Waals surface area contributed by atoms with E-state index in [1.54, 1.807) is 30.6 Å². The average Bonchev–Trinajstić information content (AvgIpc) is 3.16. The van der Waals surface area contributed by atoms with E-state index in [1.165, 1.54) is 12.1 Å². The van der Waals surface area contributed by atoms with Crippen LogP contribution < -0.4 is 5.32 Å². The van der Waals surface area contributed by atoms with Crippen molar-refractivity contribution in [1.29, 1.82) is 0 Å². The summed E-state index contributed by atoms with van der Waals surface area (Å²) in [7, 11) is 2.02. The van der Waals surface area contributed by atoms with Crippen molar-refractivity contribution in [2.45, 2.75) is 26.1 Å². The Morgan fingerprint density at radius 3 is 2.59 bits per heavy atom. The fourth-order valence-electron chi connectivity index (χ4n) is 5.01. The fraction of sp³-hybridized carbons (Fsp3) is 0.273. The van der Waals surface area contributed by atoms with Crippen molar-refractivity contribution >= 4 is 22.4 Å². The first-order valence-electron chi connectivity index (χ1n) is 13.6. The second-order valence-corrected chi connectivity index (χ2v) is 10.4. The van der Waals surface area contributed by atoms with Gasteiger partial charge in [-0.3, -0.25) is 14.7 Å². The van der Waals surface area contributed by atoms with Gasteiger partial charge in [-0.15, -0.1) is 0 Å². The maximum absolute atomic E-state index is 14.0. The van der Waals surface area contributed by atoms with Gasteiger partial charge >= 0.3 is 6.18 Å². The number of amides is 1. The van der Waals surface area contributed by atoms with Crippen molar-refractivity contribution in [2.75, 3.05) is 38.5 Å². The first-order valence-corrected chi connectivity index (χ1v) is 13.6. The smallest absolute Gasteiger partial charge is 0.322 e. The molecular weight excluding hydrogens is 525 g/mol. The molecule has 1 amide bonds. The molecule has 8 heteroatoms. The zero-order valence-corrected chi connectivity index (χ0v) is 23.1. The van der Waals surface area contributed by atoms with Gasteiger partial charge in [0.2, 0.25) is 0 Å². The van der Waals surface area contributed by atoms with Crippen LogP contribution in [-0.2, 0) is 12.7 Å². The Labute approximate surface area is 238 Å². The minimum absolute atomic E-state index is 0.0942. The third-order valence-electron chi connectivity index (χ3n) is 7.38. The molecule has 0 radical (unpaired) electrons. The van der Waals surface area contributed by atoms with E-state index in [9.17, 15) is 18.0 Å². The Morgan fingerprint density at radius 1 is 0.951 bits per heavy atom. The summed E-state index contributed by atoms with van der Waals surface area (Å²) in [4.78, 5) is 21.6. The minimum atomic E-state index is -4.54. The molecule has 4 aromatic rings. The van der Waals surface area contributed by atoms with Gasteiger partial charge in [0.25, 0.3) is 5.91 Å². The molecule has 0 saturated carbocycles. The molecule has 5 rings (SSSR count). The number of nitrogens with zero attached hydrogens (tertiary/aromatic N) is 3. The number of anilines is 1. The quantitative estimate of drug-likeness (QED) is 0.298. The third kappa shape index (κ3) is 6.94. The van der Waals surface area contributed by atoms with Crippen LogP contribution in [0, 0.1) is 18.8 Å². The van der Waals surface area contributed by atoms with E-state index in [0.29, 0.717) is 17.7 Å². The average molecular weight is 557 g/mol. The summed E-state index contributed by atoms with van der Waals surface area (Å²) in [6.07, 6.45) is -0.148. The molecule has 1 saturated heterocycles. The molecule has 1 N–H and O–H groups in total. The number of carbonyl (C=O) groups is 1. The van der Waals surface area contributed by atoms with Crippen LogP contribution in [0.25, 0.3) is 10.8 Å². The molecule has 1 aliphatic heterocycles. The number of halogens is 3. The van der Waals surface area contributed by atoms with Gasteiger partial charge in [-0.2, -0.15) is 13.2 Å². The molecule has 1 aromatic heterocycles. The van der Waals surface area contributed by atoms with Gasteiger partial charge < -0.3 is 10.2 Å². The third-order valence-corrected chi connectivity index (χ3v) is 7.38. The number of benzene rings is 3. The molecule has 210 valence electrons. The van der Waals surface area contributed by atoms with Crippen LogP contribution in [0.3, 0.4) is 0 Å². The number of pyridine rings is 1. The summed E-state index contributed by atoms with van der Waals surface area (Å²) in [5, 5.41) is 4.60. The second-order valence-electron chi connectivity index (χ2n) is 10.4. The van der Waals surface area contributed by atoms with Crippen molar-refractivity contribution in [2.24, 2.45) is 0 Å². The van der Waals surface area contributed by atoms with Crippen molar-refractivity contribution in [3.05, 3.63) is 106 Å². The van der Waals surface area contributed by atoms with E-state index in [1.807, 2.05) is 38.2 Å².